The second-order valence-corrected chi connectivity index (χ2v) is 5.55. The van der Waals surface area contributed by atoms with E-state index in [-0.39, 0.29) is 5.91 Å². The summed E-state index contributed by atoms with van der Waals surface area (Å²) in [6.45, 7) is 1.08. The minimum absolute atomic E-state index is 0.184. The van der Waals surface area contributed by atoms with E-state index < -0.39 is 0 Å². The molecule has 6 heteroatoms. The Balaban J connectivity index is 1.56. The molecule has 6 nitrogen and oxygen atoms in total. The van der Waals surface area contributed by atoms with Gasteiger partial charge < -0.3 is 14.8 Å². The van der Waals surface area contributed by atoms with E-state index in [0.717, 1.165) is 36.9 Å². The molecule has 2 N–H and O–H groups in total. The highest BCUT2D eigenvalue weighted by Crippen LogP contribution is 2.33. The first-order valence-corrected chi connectivity index (χ1v) is 7.58. The van der Waals surface area contributed by atoms with Crippen LogP contribution < -0.4 is 14.8 Å². The van der Waals surface area contributed by atoms with Crippen LogP contribution in [-0.2, 0) is 12.8 Å². The second-order valence-electron chi connectivity index (χ2n) is 5.55. The molecule has 1 aliphatic carbocycles. The van der Waals surface area contributed by atoms with E-state index in [1.807, 2.05) is 12.1 Å². The van der Waals surface area contributed by atoms with Crippen molar-refractivity contribution in [2.45, 2.75) is 25.7 Å². The Hall–Kier alpha value is -2.50. The van der Waals surface area contributed by atoms with Crippen molar-refractivity contribution in [1.29, 1.82) is 0 Å². The molecule has 1 amide bonds. The molecule has 0 radical (unpaired) electrons. The number of anilines is 1. The summed E-state index contributed by atoms with van der Waals surface area (Å²) in [6, 6.07) is 5.40. The molecule has 0 unspecified atom stereocenters. The topological polar surface area (TPSA) is 76.2 Å². The van der Waals surface area contributed by atoms with Crippen LogP contribution in [0.15, 0.2) is 18.2 Å². The van der Waals surface area contributed by atoms with Gasteiger partial charge >= 0.3 is 0 Å². The summed E-state index contributed by atoms with van der Waals surface area (Å²) >= 11 is 0. The zero-order valence-corrected chi connectivity index (χ0v) is 12.1. The van der Waals surface area contributed by atoms with Gasteiger partial charge in [0.25, 0.3) is 5.91 Å². The van der Waals surface area contributed by atoms with Gasteiger partial charge in [0.1, 0.15) is 13.2 Å². The van der Waals surface area contributed by atoms with Crippen LogP contribution in [0.3, 0.4) is 0 Å². The average Bonchev–Trinajstić information content (AvgIpc) is 2.99. The van der Waals surface area contributed by atoms with Crippen molar-refractivity contribution in [3.05, 3.63) is 35.2 Å². The molecule has 2 heterocycles. The van der Waals surface area contributed by atoms with Crippen molar-refractivity contribution >= 4 is 11.6 Å². The molecule has 0 saturated carbocycles. The maximum atomic E-state index is 12.4. The minimum Gasteiger partial charge on any atom is -0.486 e. The van der Waals surface area contributed by atoms with Gasteiger partial charge in [0.15, 0.2) is 17.2 Å². The smallest absolute Gasteiger partial charge is 0.276 e. The van der Waals surface area contributed by atoms with Crippen LogP contribution in [-0.4, -0.2) is 29.3 Å². The zero-order valence-electron chi connectivity index (χ0n) is 12.1. The van der Waals surface area contributed by atoms with E-state index in [4.69, 9.17) is 9.47 Å². The maximum Gasteiger partial charge on any atom is 0.276 e. The molecule has 2 aromatic rings. The third-order valence-corrected chi connectivity index (χ3v) is 4.07. The number of benzene rings is 1. The summed E-state index contributed by atoms with van der Waals surface area (Å²) in [5, 5.41) is 10.1. The van der Waals surface area contributed by atoms with Gasteiger partial charge in [-0.05, 0) is 37.8 Å². The number of amides is 1. The number of nitrogens with zero attached hydrogens (tertiary/aromatic N) is 1. The minimum atomic E-state index is -0.184. The highest BCUT2D eigenvalue weighted by Gasteiger charge is 2.22. The first-order valence-electron chi connectivity index (χ1n) is 7.58. The lowest BCUT2D eigenvalue weighted by Gasteiger charge is -2.19. The van der Waals surface area contributed by atoms with Crippen molar-refractivity contribution in [2.75, 3.05) is 18.5 Å². The van der Waals surface area contributed by atoms with E-state index in [9.17, 15) is 4.79 Å². The molecular weight excluding hydrogens is 282 g/mol. The molecule has 22 heavy (non-hydrogen) atoms. The number of aromatic nitrogens is 2. The molecule has 1 aromatic carbocycles. The third kappa shape index (κ3) is 2.30. The van der Waals surface area contributed by atoms with Crippen molar-refractivity contribution in [3.8, 4) is 11.5 Å². The predicted octanol–water partition coefficient (Wildman–Crippen LogP) is 2.31. The molecule has 4 rings (SSSR count). The highest BCUT2D eigenvalue weighted by atomic mass is 16.6. The lowest BCUT2D eigenvalue weighted by Crippen LogP contribution is -2.17. The molecule has 0 fully saturated rings. The number of rotatable bonds is 2. The number of aromatic amines is 1. The first kappa shape index (κ1) is 13.2. The molecule has 0 atom stereocenters. The van der Waals surface area contributed by atoms with E-state index in [2.05, 4.69) is 15.5 Å². The number of ether oxygens (including phenoxy) is 2. The van der Waals surface area contributed by atoms with Crippen LogP contribution in [0.2, 0.25) is 0 Å². The Morgan fingerprint density at radius 1 is 1.14 bits per heavy atom. The van der Waals surface area contributed by atoms with Gasteiger partial charge in [-0.25, -0.2) is 0 Å². The van der Waals surface area contributed by atoms with Crippen LogP contribution in [0.1, 0.15) is 34.6 Å². The number of hydrogen-bond acceptors (Lipinski definition) is 4. The van der Waals surface area contributed by atoms with Gasteiger partial charge in [-0.3, -0.25) is 9.89 Å². The standard InChI is InChI=1S/C16H17N3O3/c20-16(15-11-3-1-2-4-12(11)18-19-15)17-10-5-6-13-14(9-10)22-8-7-21-13/h5-6,9H,1-4,7-8H2,(H,17,20)(H,18,19). The summed E-state index contributed by atoms with van der Waals surface area (Å²) in [7, 11) is 0. The van der Waals surface area contributed by atoms with Gasteiger partial charge in [-0.15, -0.1) is 0 Å². The Bertz CT molecular complexity index is 723. The van der Waals surface area contributed by atoms with Gasteiger partial charge in [0.2, 0.25) is 0 Å². The van der Waals surface area contributed by atoms with Gasteiger partial charge in [-0.2, -0.15) is 5.10 Å². The molecule has 2 aliphatic rings. The van der Waals surface area contributed by atoms with E-state index in [1.54, 1.807) is 6.07 Å². The van der Waals surface area contributed by atoms with Crippen LogP contribution in [0.5, 0.6) is 11.5 Å². The van der Waals surface area contributed by atoms with Crippen LogP contribution >= 0.6 is 0 Å². The summed E-state index contributed by atoms with van der Waals surface area (Å²) in [5.41, 5.74) is 3.34. The van der Waals surface area contributed by atoms with Crippen molar-refractivity contribution in [1.82, 2.24) is 10.2 Å². The predicted molar refractivity (Wildman–Crippen MR) is 80.6 cm³/mol. The monoisotopic (exact) mass is 299 g/mol. The quantitative estimate of drug-likeness (QED) is 0.892. The zero-order chi connectivity index (χ0) is 14.9. The van der Waals surface area contributed by atoms with Crippen LogP contribution in [0.25, 0.3) is 0 Å². The maximum absolute atomic E-state index is 12.4. The fourth-order valence-corrected chi connectivity index (χ4v) is 2.98. The lowest BCUT2D eigenvalue weighted by molar-refractivity contribution is 0.102. The Kier molecular flexibility index (Phi) is 3.21. The molecule has 0 spiro atoms. The van der Waals surface area contributed by atoms with Crippen LogP contribution in [0.4, 0.5) is 5.69 Å². The Labute approximate surface area is 127 Å². The van der Waals surface area contributed by atoms with E-state index in [1.165, 1.54) is 0 Å². The normalized spacial score (nSPS) is 16.0. The van der Waals surface area contributed by atoms with E-state index in [0.29, 0.717) is 36.1 Å². The first-order chi connectivity index (χ1) is 10.8. The fraction of sp³-hybridized carbons (Fsp3) is 0.375. The highest BCUT2D eigenvalue weighted by molar-refractivity contribution is 6.04. The number of hydrogen-bond donors (Lipinski definition) is 2. The number of nitrogens with one attached hydrogen (secondary N) is 2. The lowest BCUT2D eigenvalue weighted by atomic mass is 9.96. The van der Waals surface area contributed by atoms with Crippen LogP contribution in [0, 0.1) is 0 Å². The van der Waals surface area contributed by atoms with Crippen molar-refractivity contribution in [3.63, 3.8) is 0 Å². The number of carbonyl (C=O) groups excluding carboxylic acids is 1. The number of fused-ring (bicyclic) bond motifs is 2. The Morgan fingerprint density at radius 2 is 1.95 bits per heavy atom. The second kappa shape index (κ2) is 5.36. The molecule has 1 aliphatic heterocycles. The van der Waals surface area contributed by atoms with Crippen molar-refractivity contribution in [2.24, 2.45) is 0 Å². The molecule has 0 bridgehead atoms. The fourth-order valence-electron chi connectivity index (χ4n) is 2.98. The Morgan fingerprint density at radius 3 is 2.86 bits per heavy atom. The van der Waals surface area contributed by atoms with Gasteiger partial charge in [0.05, 0.1) is 0 Å². The third-order valence-electron chi connectivity index (χ3n) is 4.07. The molecular formula is C16H17N3O3. The summed E-state index contributed by atoms with van der Waals surface area (Å²) in [4.78, 5) is 12.4. The average molecular weight is 299 g/mol. The summed E-state index contributed by atoms with van der Waals surface area (Å²) in [6.07, 6.45) is 4.14. The number of H-pyrrole nitrogens is 1. The molecule has 1 aromatic heterocycles. The largest absolute Gasteiger partial charge is 0.486 e. The SMILES string of the molecule is O=C(Nc1ccc2c(c1)OCCO2)c1n[nH]c2c1CCCC2. The van der Waals surface area contributed by atoms with Crippen molar-refractivity contribution < 1.29 is 14.3 Å². The number of carbonyl (C=O) groups is 1. The van der Waals surface area contributed by atoms with E-state index >= 15 is 0 Å². The van der Waals surface area contributed by atoms with Gasteiger partial charge in [-0.1, -0.05) is 0 Å². The molecule has 0 saturated heterocycles. The number of aryl methyl sites for hydroxylation is 1. The summed E-state index contributed by atoms with van der Waals surface area (Å²) < 4.78 is 11.0. The summed E-state index contributed by atoms with van der Waals surface area (Å²) in [5.74, 6) is 1.19. The molecule has 114 valence electrons. The van der Waals surface area contributed by atoms with Gasteiger partial charge in [0, 0.05) is 23.0 Å².